The number of hydrogen-bond donors (Lipinski definition) is 4. The fourth-order valence-electron chi connectivity index (χ4n) is 1.39. The Bertz CT molecular complexity index is 420. The molecule has 6 nitrogen and oxygen atoms in total. The van der Waals surface area contributed by atoms with E-state index in [-0.39, 0.29) is 11.3 Å². The van der Waals surface area contributed by atoms with Crippen LogP contribution >= 0.6 is 0 Å². The first-order valence-corrected chi connectivity index (χ1v) is 4.67. The third-order valence-corrected chi connectivity index (χ3v) is 2.40. The lowest BCUT2D eigenvalue weighted by atomic mass is 9.98. The smallest absolute Gasteiger partial charge is 0.323 e. The molecule has 0 amide bonds. The van der Waals surface area contributed by atoms with E-state index in [4.69, 9.17) is 10.8 Å². The van der Waals surface area contributed by atoms with Gasteiger partial charge in [0.2, 0.25) is 0 Å². The number of pyridine rings is 1. The normalized spacial score (nSPS) is 14.5. The van der Waals surface area contributed by atoms with Crippen molar-refractivity contribution in [1.82, 2.24) is 4.98 Å². The van der Waals surface area contributed by atoms with Gasteiger partial charge in [0.25, 0.3) is 0 Å². The van der Waals surface area contributed by atoms with E-state index in [9.17, 15) is 15.0 Å². The summed E-state index contributed by atoms with van der Waals surface area (Å²) in [7, 11) is 0. The van der Waals surface area contributed by atoms with Gasteiger partial charge >= 0.3 is 5.97 Å². The second-order valence-electron chi connectivity index (χ2n) is 3.60. The van der Waals surface area contributed by atoms with Gasteiger partial charge in [0, 0.05) is 11.8 Å². The summed E-state index contributed by atoms with van der Waals surface area (Å²) in [5.41, 5.74) is 6.22. The summed E-state index contributed by atoms with van der Waals surface area (Å²) in [4.78, 5) is 14.5. The lowest BCUT2D eigenvalue weighted by Gasteiger charge is -2.19. The SMILES string of the molecule is Cc1cnc(C)c(O)c1[C@H](O)[C@H](N)C(=O)O. The fourth-order valence-corrected chi connectivity index (χ4v) is 1.39. The number of aliphatic carboxylic acids is 1. The van der Waals surface area contributed by atoms with E-state index in [1.165, 1.54) is 6.20 Å². The van der Waals surface area contributed by atoms with Crippen LogP contribution in [0.5, 0.6) is 5.75 Å². The van der Waals surface area contributed by atoms with Crippen molar-refractivity contribution < 1.29 is 20.1 Å². The number of aromatic hydroxyl groups is 1. The molecule has 0 aliphatic carbocycles. The van der Waals surface area contributed by atoms with Crippen LogP contribution in [0, 0.1) is 13.8 Å². The van der Waals surface area contributed by atoms with Gasteiger partial charge in [-0.25, -0.2) is 0 Å². The number of rotatable bonds is 3. The third kappa shape index (κ3) is 2.12. The van der Waals surface area contributed by atoms with Gasteiger partial charge in [0.1, 0.15) is 17.9 Å². The van der Waals surface area contributed by atoms with E-state index in [0.29, 0.717) is 11.3 Å². The molecule has 1 rings (SSSR count). The minimum Gasteiger partial charge on any atom is -0.506 e. The number of nitrogens with zero attached hydrogens (tertiary/aromatic N) is 1. The van der Waals surface area contributed by atoms with Crippen LogP contribution in [0.2, 0.25) is 0 Å². The van der Waals surface area contributed by atoms with Crippen molar-refractivity contribution >= 4 is 5.97 Å². The number of aliphatic hydroxyl groups is 1. The van der Waals surface area contributed by atoms with Gasteiger partial charge in [-0.15, -0.1) is 0 Å². The van der Waals surface area contributed by atoms with Gasteiger partial charge in [-0.2, -0.15) is 0 Å². The van der Waals surface area contributed by atoms with E-state index in [1.807, 2.05) is 0 Å². The highest BCUT2D eigenvalue weighted by Crippen LogP contribution is 2.30. The standard InChI is InChI=1S/C10H14N2O4/c1-4-3-12-5(2)8(13)6(4)9(14)7(11)10(15)16/h3,7,9,13-14H,11H2,1-2H3,(H,15,16)/t7-,9-/m0/s1. The topological polar surface area (TPSA) is 117 Å². The average Bonchev–Trinajstić information content (AvgIpc) is 2.22. The number of aryl methyl sites for hydroxylation is 2. The van der Waals surface area contributed by atoms with E-state index in [0.717, 1.165) is 0 Å². The first kappa shape index (κ1) is 12.4. The zero-order valence-electron chi connectivity index (χ0n) is 9.01. The molecule has 2 atom stereocenters. The van der Waals surface area contributed by atoms with Crippen molar-refractivity contribution in [2.75, 3.05) is 0 Å². The lowest BCUT2D eigenvalue weighted by molar-refractivity contribution is -0.141. The van der Waals surface area contributed by atoms with Crippen molar-refractivity contribution in [3.63, 3.8) is 0 Å². The molecule has 1 aromatic rings. The van der Waals surface area contributed by atoms with Crippen LogP contribution in [0.15, 0.2) is 6.20 Å². The summed E-state index contributed by atoms with van der Waals surface area (Å²) in [6, 6.07) is -1.48. The number of aromatic nitrogens is 1. The van der Waals surface area contributed by atoms with Crippen LogP contribution in [0.1, 0.15) is 22.9 Å². The van der Waals surface area contributed by atoms with Crippen LogP contribution in [0.3, 0.4) is 0 Å². The van der Waals surface area contributed by atoms with Gasteiger partial charge in [0.05, 0.1) is 5.69 Å². The first-order chi connectivity index (χ1) is 7.36. The minimum atomic E-state index is -1.48. The van der Waals surface area contributed by atoms with Crippen LogP contribution < -0.4 is 5.73 Å². The van der Waals surface area contributed by atoms with Crippen molar-refractivity contribution in [1.29, 1.82) is 0 Å². The zero-order valence-corrected chi connectivity index (χ0v) is 9.01. The molecule has 0 aliphatic rings. The number of hydrogen-bond acceptors (Lipinski definition) is 5. The van der Waals surface area contributed by atoms with Crippen molar-refractivity contribution in [3.8, 4) is 5.75 Å². The number of carbonyl (C=O) groups is 1. The maximum Gasteiger partial charge on any atom is 0.323 e. The van der Waals surface area contributed by atoms with Crippen molar-refractivity contribution in [3.05, 3.63) is 23.0 Å². The quantitative estimate of drug-likeness (QED) is 0.569. The van der Waals surface area contributed by atoms with Crippen molar-refractivity contribution in [2.24, 2.45) is 5.73 Å². The molecule has 1 aromatic heterocycles. The number of carboxylic acid groups (broad SMARTS) is 1. The second-order valence-corrected chi connectivity index (χ2v) is 3.60. The largest absolute Gasteiger partial charge is 0.506 e. The predicted octanol–water partition coefficient (Wildman–Crippen LogP) is -0.151. The Kier molecular flexibility index (Phi) is 3.46. The molecular weight excluding hydrogens is 212 g/mol. The summed E-state index contributed by atoms with van der Waals surface area (Å²) < 4.78 is 0. The summed E-state index contributed by atoms with van der Waals surface area (Å²) in [6.45, 7) is 3.16. The predicted molar refractivity (Wildman–Crippen MR) is 55.9 cm³/mol. The molecule has 16 heavy (non-hydrogen) atoms. The Morgan fingerprint density at radius 3 is 2.56 bits per heavy atom. The van der Waals surface area contributed by atoms with Gasteiger partial charge in [-0.3, -0.25) is 9.78 Å². The summed E-state index contributed by atoms with van der Waals surface area (Å²) >= 11 is 0. The van der Waals surface area contributed by atoms with Crippen LogP contribution in [-0.2, 0) is 4.79 Å². The van der Waals surface area contributed by atoms with Gasteiger partial charge in [-0.1, -0.05) is 0 Å². The van der Waals surface area contributed by atoms with Crippen LogP contribution in [0.4, 0.5) is 0 Å². The Morgan fingerprint density at radius 1 is 1.50 bits per heavy atom. The minimum absolute atomic E-state index is 0.113. The van der Waals surface area contributed by atoms with Gasteiger partial charge in [0.15, 0.2) is 0 Å². The van der Waals surface area contributed by atoms with Crippen molar-refractivity contribution in [2.45, 2.75) is 26.0 Å². The number of aliphatic hydroxyl groups excluding tert-OH is 1. The highest BCUT2D eigenvalue weighted by atomic mass is 16.4. The van der Waals surface area contributed by atoms with Crippen LogP contribution in [-0.4, -0.2) is 32.3 Å². The average molecular weight is 226 g/mol. The Balaban J connectivity index is 3.22. The molecule has 1 heterocycles. The van der Waals surface area contributed by atoms with Gasteiger partial charge in [-0.05, 0) is 19.4 Å². The molecule has 88 valence electrons. The Morgan fingerprint density at radius 2 is 2.06 bits per heavy atom. The lowest BCUT2D eigenvalue weighted by Crippen LogP contribution is -2.36. The molecule has 0 aromatic carbocycles. The van der Waals surface area contributed by atoms with E-state index < -0.39 is 18.1 Å². The Hall–Kier alpha value is -1.66. The second kappa shape index (κ2) is 4.46. The number of carboxylic acids is 1. The molecule has 0 saturated carbocycles. The molecule has 0 bridgehead atoms. The maximum absolute atomic E-state index is 10.6. The molecule has 0 saturated heterocycles. The van der Waals surface area contributed by atoms with Gasteiger partial charge < -0.3 is 21.1 Å². The highest BCUT2D eigenvalue weighted by molar-refractivity contribution is 5.74. The Labute approximate surface area is 92.4 Å². The molecular formula is C10H14N2O4. The van der Waals surface area contributed by atoms with E-state index in [2.05, 4.69) is 4.98 Å². The fraction of sp³-hybridized carbons (Fsp3) is 0.400. The summed E-state index contributed by atoms with van der Waals surface area (Å²) in [5.74, 6) is -1.55. The zero-order chi connectivity index (χ0) is 12.5. The molecule has 0 radical (unpaired) electrons. The molecule has 5 N–H and O–H groups in total. The van der Waals surface area contributed by atoms with E-state index in [1.54, 1.807) is 13.8 Å². The summed E-state index contributed by atoms with van der Waals surface area (Å²) in [5, 5.41) is 28.1. The molecule has 0 fully saturated rings. The van der Waals surface area contributed by atoms with Crippen LogP contribution in [0.25, 0.3) is 0 Å². The number of nitrogens with two attached hydrogens (primary N) is 1. The molecule has 6 heteroatoms. The molecule has 0 spiro atoms. The van der Waals surface area contributed by atoms with E-state index >= 15 is 0 Å². The molecule has 0 aliphatic heterocycles. The first-order valence-electron chi connectivity index (χ1n) is 4.67. The third-order valence-electron chi connectivity index (χ3n) is 2.40. The highest BCUT2D eigenvalue weighted by Gasteiger charge is 2.28. The monoisotopic (exact) mass is 226 g/mol. The molecule has 0 unspecified atom stereocenters. The maximum atomic E-state index is 10.6. The summed E-state index contributed by atoms with van der Waals surface area (Å²) in [6.07, 6.45) is -0.0125.